The van der Waals surface area contributed by atoms with Gasteiger partial charge in [0.25, 0.3) is 0 Å². The van der Waals surface area contributed by atoms with Gasteiger partial charge in [0, 0.05) is 5.92 Å². The summed E-state index contributed by atoms with van der Waals surface area (Å²) in [6, 6.07) is 0. The van der Waals surface area contributed by atoms with E-state index in [1.807, 2.05) is 0 Å². The first kappa shape index (κ1) is 6.04. The monoisotopic (exact) mass is 151 g/mol. The molecule has 3 saturated carbocycles. The Labute approximate surface area is 66.3 Å². The molecular weight excluding hydrogens is 138 g/mol. The molecular formula is C9H13NO. The third kappa shape index (κ3) is 0.608. The molecule has 0 aromatic carbocycles. The molecule has 0 amide bonds. The third-order valence-corrected chi connectivity index (χ3v) is 3.92. The van der Waals surface area contributed by atoms with Gasteiger partial charge in [-0.1, -0.05) is 5.16 Å². The molecule has 0 aromatic heterocycles. The van der Waals surface area contributed by atoms with Crippen LogP contribution in [0.4, 0.5) is 0 Å². The van der Waals surface area contributed by atoms with Gasteiger partial charge in [0.15, 0.2) is 0 Å². The van der Waals surface area contributed by atoms with Gasteiger partial charge in [0.05, 0.1) is 5.71 Å². The highest BCUT2D eigenvalue weighted by Gasteiger charge is 2.60. The number of hydrogen-bond donors (Lipinski definition) is 1. The van der Waals surface area contributed by atoms with E-state index >= 15 is 0 Å². The second-order valence-electron chi connectivity index (χ2n) is 4.52. The van der Waals surface area contributed by atoms with Crippen molar-refractivity contribution in [1.29, 1.82) is 0 Å². The average Bonchev–Trinajstić information content (AvgIpc) is 2.55. The molecule has 0 aromatic rings. The highest BCUT2D eigenvalue weighted by atomic mass is 16.4. The quantitative estimate of drug-likeness (QED) is 0.417. The van der Waals surface area contributed by atoms with E-state index in [1.54, 1.807) is 0 Å². The van der Waals surface area contributed by atoms with Crippen molar-refractivity contribution >= 4 is 5.71 Å². The van der Waals surface area contributed by atoms with Crippen molar-refractivity contribution in [2.45, 2.75) is 32.1 Å². The van der Waals surface area contributed by atoms with E-state index in [1.165, 1.54) is 25.7 Å². The second kappa shape index (κ2) is 1.62. The average molecular weight is 151 g/mol. The Morgan fingerprint density at radius 3 is 2.82 bits per heavy atom. The summed E-state index contributed by atoms with van der Waals surface area (Å²) in [5, 5.41) is 12.2. The van der Waals surface area contributed by atoms with Gasteiger partial charge in [0.2, 0.25) is 0 Å². The predicted molar refractivity (Wildman–Crippen MR) is 41.7 cm³/mol. The van der Waals surface area contributed by atoms with Gasteiger partial charge in [-0.05, 0) is 43.4 Å². The van der Waals surface area contributed by atoms with Crippen molar-refractivity contribution in [2.24, 2.45) is 22.4 Å². The van der Waals surface area contributed by atoms with Gasteiger partial charge in [-0.3, -0.25) is 0 Å². The highest BCUT2D eigenvalue weighted by molar-refractivity contribution is 5.90. The smallest absolute Gasteiger partial charge is 0.0610 e. The first-order valence-corrected chi connectivity index (χ1v) is 4.55. The van der Waals surface area contributed by atoms with Crippen LogP contribution in [-0.2, 0) is 0 Å². The summed E-state index contributed by atoms with van der Waals surface area (Å²) in [4.78, 5) is 0. The molecule has 60 valence electrons. The van der Waals surface area contributed by atoms with Crippen LogP contribution in [0.25, 0.3) is 0 Å². The van der Waals surface area contributed by atoms with Gasteiger partial charge in [-0.15, -0.1) is 0 Å². The molecule has 2 bridgehead atoms. The third-order valence-electron chi connectivity index (χ3n) is 3.92. The lowest BCUT2D eigenvalue weighted by Crippen LogP contribution is -2.20. The Morgan fingerprint density at radius 1 is 1.45 bits per heavy atom. The van der Waals surface area contributed by atoms with Crippen molar-refractivity contribution < 1.29 is 5.21 Å². The molecule has 11 heavy (non-hydrogen) atoms. The Hall–Kier alpha value is -0.530. The van der Waals surface area contributed by atoms with Gasteiger partial charge in [-0.2, -0.15) is 0 Å². The summed E-state index contributed by atoms with van der Waals surface area (Å²) >= 11 is 0. The fourth-order valence-corrected chi connectivity index (χ4v) is 3.29. The Bertz CT molecular complexity index is 230. The Balaban J connectivity index is 1.97. The number of nitrogens with zero attached hydrogens (tertiary/aromatic N) is 1. The standard InChI is InChI=1S/C9H13NO/c11-10-8-4-6-3-7(8)9(5-6)1-2-9/h6-7,11H,1-5H2. The number of rotatable bonds is 0. The summed E-state index contributed by atoms with van der Waals surface area (Å²) in [6.45, 7) is 0. The van der Waals surface area contributed by atoms with E-state index in [-0.39, 0.29) is 0 Å². The van der Waals surface area contributed by atoms with Gasteiger partial charge in [0.1, 0.15) is 0 Å². The summed E-state index contributed by atoms with van der Waals surface area (Å²) in [7, 11) is 0. The van der Waals surface area contributed by atoms with Crippen LogP contribution in [-0.4, -0.2) is 10.9 Å². The molecule has 2 heteroatoms. The van der Waals surface area contributed by atoms with E-state index in [2.05, 4.69) is 5.16 Å². The van der Waals surface area contributed by atoms with Gasteiger partial charge < -0.3 is 5.21 Å². The lowest BCUT2D eigenvalue weighted by Gasteiger charge is -2.20. The van der Waals surface area contributed by atoms with Gasteiger partial charge >= 0.3 is 0 Å². The molecule has 2 unspecified atom stereocenters. The van der Waals surface area contributed by atoms with Crippen molar-refractivity contribution in [2.75, 3.05) is 0 Å². The van der Waals surface area contributed by atoms with E-state index in [0.29, 0.717) is 11.3 Å². The van der Waals surface area contributed by atoms with Crippen LogP contribution >= 0.6 is 0 Å². The van der Waals surface area contributed by atoms with Crippen molar-refractivity contribution in [3.63, 3.8) is 0 Å². The largest absolute Gasteiger partial charge is 0.411 e. The molecule has 1 N–H and O–H groups in total. The van der Waals surface area contributed by atoms with E-state index < -0.39 is 0 Å². The number of fused-ring (bicyclic) bond motifs is 3. The zero-order valence-electron chi connectivity index (χ0n) is 6.58. The summed E-state index contributed by atoms with van der Waals surface area (Å²) in [5.41, 5.74) is 1.75. The topological polar surface area (TPSA) is 32.6 Å². The first-order chi connectivity index (χ1) is 5.34. The molecule has 2 atom stereocenters. The van der Waals surface area contributed by atoms with Crippen molar-refractivity contribution in [1.82, 2.24) is 0 Å². The molecule has 0 aliphatic heterocycles. The van der Waals surface area contributed by atoms with Gasteiger partial charge in [-0.25, -0.2) is 0 Å². The summed E-state index contributed by atoms with van der Waals surface area (Å²) in [5.74, 6) is 1.55. The molecule has 2 nitrogen and oxygen atoms in total. The normalized spacial score (nSPS) is 47.5. The summed E-state index contributed by atoms with van der Waals surface area (Å²) in [6.07, 6.45) is 6.62. The van der Waals surface area contributed by atoms with E-state index in [4.69, 9.17) is 5.21 Å². The molecule has 1 spiro atoms. The van der Waals surface area contributed by atoms with Crippen molar-refractivity contribution in [3.8, 4) is 0 Å². The van der Waals surface area contributed by atoms with Crippen LogP contribution in [0, 0.1) is 17.3 Å². The minimum absolute atomic E-state index is 0.643. The molecule has 3 aliphatic carbocycles. The van der Waals surface area contributed by atoms with Crippen LogP contribution < -0.4 is 0 Å². The molecule has 0 saturated heterocycles. The maximum Gasteiger partial charge on any atom is 0.0610 e. The zero-order valence-corrected chi connectivity index (χ0v) is 6.58. The summed E-state index contributed by atoms with van der Waals surface area (Å²) < 4.78 is 0. The molecule has 3 fully saturated rings. The maximum atomic E-state index is 8.74. The van der Waals surface area contributed by atoms with Crippen molar-refractivity contribution in [3.05, 3.63) is 0 Å². The minimum atomic E-state index is 0.643. The van der Waals surface area contributed by atoms with E-state index in [0.717, 1.165) is 18.1 Å². The highest BCUT2D eigenvalue weighted by Crippen LogP contribution is 2.67. The Morgan fingerprint density at radius 2 is 2.27 bits per heavy atom. The molecule has 0 radical (unpaired) electrons. The lowest BCUT2D eigenvalue weighted by molar-refractivity contribution is 0.305. The SMILES string of the molecule is ON=C1CC2CC1C1(CC1)C2. The van der Waals surface area contributed by atoms with Crippen LogP contribution in [0.1, 0.15) is 32.1 Å². The van der Waals surface area contributed by atoms with Crippen LogP contribution in [0.3, 0.4) is 0 Å². The fraction of sp³-hybridized carbons (Fsp3) is 0.889. The molecule has 0 heterocycles. The molecule has 3 aliphatic rings. The molecule has 3 rings (SSSR count). The van der Waals surface area contributed by atoms with Crippen LogP contribution in [0.5, 0.6) is 0 Å². The lowest BCUT2D eigenvalue weighted by atomic mass is 9.84. The van der Waals surface area contributed by atoms with Crippen LogP contribution in [0.2, 0.25) is 0 Å². The maximum absolute atomic E-state index is 8.74. The Kier molecular flexibility index (Phi) is 0.890. The minimum Gasteiger partial charge on any atom is -0.411 e. The first-order valence-electron chi connectivity index (χ1n) is 4.55. The van der Waals surface area contributed by atoms with Crippen LogP contribution in [0.15, 0.2) is 5.16 Å². The fourth-order valence-electron chi connectivity index (χ4n) is 3.29. The predicted octanol–water partition coefficient (Wildman–Crippen LogP) is 2.03. The zero-order chi connectivity index (χ0) is 7.47. The second-order valence-corrected chi connectivity index (χ2v) is 4.52. The number of oxime groups is 1. The van der Waals surface area contributed by atoms with E-state index in [9.17, 15) is 0 Å². The number of hydrogen-bond acceptors (Lipinski definition) is 2.